The van der Waals surface area contributed by atoms with Crippen molar-refractivity contribution >= 4 is 15.9 Å². The van der Waals surface area contributed by atoms with Gasteiger partial charge in [0.1, 0.15) is 0 Å². The average molecular weight is 495 g/mol. The van der Waals surface area contributed by atoms with Gasteiger partial charge in [-0.05, 0) is 85.2 Å². The highest BCUT2D eigenvalue weighted by Gasteiger charge is 2.22. The van der Waals surface area contributed by atoms with Gasteiger partial charge in [0.25, 0.3) is 5.91 Å². The fourth-order valence-electron chi connectivity index (χ4n) is 4.46. The lowest BCUT2D eigenvalue weighted by Crippen LogP contribution is -2.29. The van der Waals surface area contributed by atoms with Crippen LogP contribution in [0.4, 0.5) is 0 Å². The van der Waals surface area contributed by atoms with Crippen LogP contribution >= 0.6 is 0 Å². The van der Waals surface area contributed by atoms with E-state index in [9.17, 15) is 13.2 Å². The van der Waals surface area contributed by atoms with E-state index >= 15 is 0 Å². The van der Waals surface area contributed by atoms with E-state index in [1.54, 1.807) is 31.6 Å². The Hall–Kier alpha value is -3.39. The predicted octanol–water partition coefficient (Wildman–Crippen LogP) is 4.48. The molecule has 1 aliphatic rings. The molecule has 0 spiro atoms. The molecule has 1 atom stereocenters. The van der Waals surface area contributed by atoms with Gasteiger partial charge in [-0.1, -0.05) is 18.2 Å². The van der Waals surface area contributed by atoms with Gasteiger partial charge in [0.15, 0.2) is 11.5 Å². The number of carbonyl (C=O) groups is 1. The van der Waals surface area contributed by atoms with Gasteiger partial charge >= 0.3 is 0 Å². The maximum Gasteiger partial charge on any atom is 0.264 e. The summed E-state index contributed by atoms with van der Waals surface area (Å²) in [7, 11) is -1.99. The van der Waals surface area contributed by atoms with Crippen LogP contribution in [0, 0.1) is 0 Å². The van der Waals surface area contributed by atoms with Crippen LogP contribution in [-0.4, -0.2) is 38.8 Å². The predicted molar refractivity (Wildman–Crippen MR) is 134 cm³/mol. The van der Waals surface area contributed by atoms with Crippen molar-refractivity contribution in [3.8, 4) is 11.5 Å². The Morgan fingerprint density at radius 1 is 1.00 bits per heavy atom. The number of ether oxygens (including phenoxy) is 2. The van der Waals surface area contributed by atoms with Crippen LogP contribution < -0.4 is 14.2 Å². The minimum Gasteiger partial charge on any atom is -0.493 e. The summed E-state index contributed by atoms with van der Waals surface area (Å²) >= 11 is 0. The van der Waals surface area contributed by atoms with Crippen LogP contribution in [0.15, 0.2) is 67.0 Å². The van der Waals surface area contributed by atoms with Gasteiger partial charge < -0.3 is 9.47 Å². The monoisotopic (exact) mass is 494 g/mol. The lowest BCUT2D eigenvalue weighted by Gasteiger charge is -2.22. The molecule has 35 heavy (non-hydrogen) atoms. The molecule has 7 nitrogen and oxygen atoms in total. The summed E-state index contributed by atoms with van der Waals surface area (Å²) in [5.41, 5.74) is 3.46. The summed E-state index contributed by atoms with van der Waals surface area (Å²) < 4.78 is 36.8. The summed E-state index contributed by atoms with van der Waals surface area (Å²) in [5.74, 6) is 0.763. The second kappa shape index (κ2) is 10.9. The second-order valence-electron chi connectivity index (χ2n) is 8.87. The van der Waals surface area contributed by atoms with E-state index in [1.165, 1.54) is 12.8 Å². The summed E-state index contributed by atoms with van der Waals surface area (Å²) in [6.07, 6.45) is 9.86. The fourth-order valence-corrected chi connectivity index (χ4v) is 4.92. The molecule has 1 aromatic heterocycles. The molecule has 0 saturated heterocycles. The Labute approximate surface area is 206 Å². The van der Waals surface area contributed by atoms with Crippen molar-refractivity contribution in [2.75, 3.05) is 13.4 Å². The van der Waals surface area contributed by atoms with Crippen LogP contribution in [0.25, 0.3) is 0 Å². The molecular weight excluding hydrogens is 464 g/mol. The van der Waals surface area contributed by atoms with Crippen molar-refractivity contribution in [2.24, 2.45) is 0 Å². The number of aromatic nitrogens is 1. The molecule has 1 amide bonds. The van der Waals surface area contributed by atoms with E-state index in [1.807, 2.05) is 47.2 Å². The number of benzene rings is 2. The summed E-state index contributed by atoms with van der Waals surface area (Å²) in [4.78, 5) is 16.4. The number of rotatable bonds is 9. The first-order chi connectivity index (χ1) is 16.8. The molecular formula is C27H30N2O5S. The van der Waals surface area contributed by atoms with E-state index in [0.29, 0.717) is 12.2 Å². The first-order valence-electron chi connectivity index (χ1n) is 11.7. The van der Waals surface area contributed by atoms with Gasteiger partial charge in [-0.25, -0.2) is 13.1 Å². The van der Waals surface area contributed by atoms with Crippen LogP contribution in [0.3, 0.4) is 0 Å². The van der Waals surface area contributed by atoms with E-state index < -0.39 is 15.9 Å². The number of pyridine rings is 1. The Morgan fingerprint density at radius 2 is 1.66 bits per heavy atom. The average Bonchev–Trinajstić information content (AvgIpc) is 3.35. The highest BCUT2D eigenvalue weighted by molar-refractivity contribution is 7.89. The summed E-state index contributed by atoms with van der Waals surface area (Å²) in [6, 6.07) is 17.0. The van der Waals surface area contributed by atoms with Crippen molar-refractivity contribution in [2.45, 2.75) is 44.1 Å². The number of carbonyl (C=O) groups excluding carboxylic acids is 1. The summed E-state index contributed by atoms with van der Waals surface area (Å²) in [6.45, 7) is 0. The number of hydrogen-bond acceptors (Lipinski definition) is 6. The SMILES string of the molecule is COc1ccc(C(Cc2ccncc2)c2ccc(C(=O)NS(C)(=O)=O)cc2)cc1OC1CCCC1. The molecule has 184 valence electrons. The third-order valence-corrected chi connectivity index (χ3v) is 6.78. The molecule has 1 heterocycles. The van der Waals surface area contributed by atoms with E-state index in [-0.39, 0.29) is 17.6 Å². The standard InChI is InChI=1S/C27H30N2O5S/c1-33-25-12-11-22(18-26(25)34-23-5-3-4-6-23)24(17-19-13-15-28-16-14-19)20-7-9-21(10-8-20)27(30)29-35(2,31)32/h7-16,18,23-24H,3-6,17H2,1-2H3,(H,29,30). The molecule has 1 aliphatic carbocycles. The molecule has 1 unspecified atom stereocenters. The highest BCUT2D eigenvalue weighted by atomic mass is 32.2. The molecule has 1 fully saturated rings. The van der Waals surface area contributed by atoms with Gasteiger partial charge in [0.05, 0.1) is 19.5 Å². The molecule has 8 heteroatoms. The summed E-state index contributed by atoms with van der Waals surface area (Å²) in [5, 5.41) is 0. The van der Waals surface area contributed by atoms with E-state index in [4.69, 9.17) is 9.47 Å². The van der Waals surface area contributed by atoms with Gasteiger partial charge in [-0.2, -0.15) is 0 Å². The molecule has 0 radical (unpaired) electrons. The fraction of sp³-hybridized carbons (Fsp3) is 0.333. The molecule has 0 aliphatic heterocycles. The number of nitrogens with zero attached hydrogens (tertiary/aromatic N) is 1. The number of sulfonamides is 1. The lowest BCUT2D eigenvalue weighted by atomic mass is 9.85. The molecule has 1 saturated carbocycles. The Balaban J connectivity index is 1.67. The van der Waals surface area contributed by atoms with Crippen molar-refractivity contribution in [3.63, 3.8) is 0 Å². The van der Waals surface area contributed by atoms with Gasteiger partial charge in [0, 0.05) is 23.9 Å². The van der Waals surface area contributed by atoms with Gasteiger partial charge in [-0.3, -0.25) is 9.78 Å². The first kappa shape index (κ1) is 24.7. The topological polar surface area (TPSA) is 94.6 Å². The third-order valence-electron chi connectivity index (χ3n) is 6.23. The molecule has 3 aromatic rings. The van der Waals surface area contributed by atoms with E-state index in [0.717, 1.165) is 41.5 Å². The van der Waals surface area contributed by atoms with Crippen LogP contribution in [0.2, 0.25) is 0 Å². The Bertz CT molecular complexity index is 1250. The van der Waals surface area contributed by atoms with Crippen molar-refractivity contribution in [1.29, 1.82) is 0 Å². The van der Waals surface area contributed by atoms with Gasteiger partial charge in [0.2, 0.25) is 10.0 Å². The van der Waals surface area contributed by atoms with Crippen molar-refractivity contribution in [3.05, 3.63) is 89.2 Å². The number of methoxy groups -OCH3 is 1. The number of hydrogen-bond donors (Lipinski definition) is 1. The number of nitrogens with one attached hydrogen (secondary N) is 1. The van der Waals surface area contributed by atoms with Gasteiger partial charge in [-0.15, -0.1) is 0 Å². The van der Waals surface area contributed by atoms with Crippen LogP contribution in [0.1, 0.15) is 58.6 Å². The maximum atomic E-state index is 12.3. The zero-order valence-corrected chi connectivity index (χ0v) is 20.8. The quantitative estimate of drug-likeness (QED) is 0.472. The van der Waals surface area contributed by atoms with Crippen molar-refractivity contribution in [1.82, 2.24) is 9.71 Å². The van der Waals surface area contributed by atoms with Crippen molar-refractivity contribution < 1.29 is 22.7 Å². The maximum absolute atomic E-state index is 12.3. The lowest BCUT2D eigenvalue weighted by molar-refractivity contribution is 0.0981. The minimum absolute atomic E-state index is 0.0266. The van der Waals surface area contributed by atoms with Crippen LogP contribution in [0.5, 0.6) is 11.5 Å². The minimum atomic E-state index is -3.63. The molecule has 0 bridgehead atoms. The molecule has 2 aromatic carbocycles. The zero-order chi connectivity index (χ0) is 24.8. The van der Waals surface area contributed by atoms with Crippen LogP contribution in [-0.2, 0) is 16.4 Å². The highest BCUT2D eigenvalue weighted by Crippen LogP contribution is 2.37. The third kappa shape index (κ3) is 6.60. The first-order valence-corrected chi connectivity index (χ1v) is 13.6. The van der Waals surface area contributed by atoms with E-state index in [2.05, 4.69) is 4.98 Å². The molecule has 1 N–H and O–H groups in total. The Morgan fingerprint density at radius 3 is 2.29 bits per heavy atom. The smallest absolute Gasteiger partial charge is 0.264 e. The number of amides is 1. The molecule has 4 rings (SSSR count). The normalized spacial score (nSPS) is 14.9. The zero-order valence-electron chi connectivity index (χ0n) is 19.9. The largest absolute Gasteiger partial charge is 0.493 e. The Kier molecular flexibility index (Phi) is 7.70. The second-order valence-corrected chi connectivity index (χ2v) is 10.6.